The summed E-state index contributed by atoms with van der Waals surface area (Å²) in [6.45, 7) is 1.83. The Morgan fingerprint density at radius 3 is 3.00 bits per heavy atom. The second-order valence-corrected chi connectivity index (χ2v) is 5.09. The second kappa shape index (κ2) is 5.15. The van der Waals surface area contributed by atoms with Gasteiger partial charge in [0.1, 0.15) is 5.82 Å². The van der Waals surface area contributed by atoms with E-state index in [9.17, 15) is 4.39 Å². The van der Waals surface area contributed by atoms with Gasteiger partial charge >= 0.3 is 0 Å². The van der Waals surface area contributed by atoms with E-state index in [1.807, 2.05) is 19.2 Å². The minimum atomic E-state index is -0.147. The lowest BCUT2D eigenvalue weighted by Crippen LogP contribution is -2.44. The molecule has 2 rings (SSSR count). The summed E-state index contributed by atoms with van der Waals surface area (Å²) >= 11 is 3.27. The Labute approximate surface area is 104 Å². The van der Waals surface area contributed by atoms with Crippen LogP contribution in [0, 0.1) is 5.82 Å². The van der Waals surface area contributed by atoms with Crippen LogP contribution >= 0.6 is 15.9 Å². The van der Waals surface area contributed by atoms with E-state index in [1.165, 1.54) is 12.5 Å². The molecule has 4 heteroatoms. The quantitative estimate of drug-likeness (QED) is 0.899. The average molecular weight is 287 g/mol. The predicted molar refractivity (Wildman–Crippen MR) is 68.4 cm³/mol. The molecule has 1 unspecified atom stereocenters. The minimum absolute atomic E-state index is 0.147. The van der Waals surface area contributed by atoms with Gasteiger partial charge in [-0.05, 0) is 38.1 Å². The van der Waals surface area contributed by atoms with Gasteiger partial charge in [-0.15, -0.1) is 0 Å². The molecule has 1 aromatic carbocycles. The van der Waals surface area contributed by atoms with E-state index in [0.717, 1.165) is 24.0 Å². The van der Waals surface area contributed by atoms with Crippen LogP contribution in [0.2, 0.25) is 0 Å². The number of hydrogen-bond acceptors (Lipinski definition) is 2. The molecule has 0 spiro atoms. The first kappa shape index (κ1) is 11.9. The molecule has 0 bridgehead atoms. The molecule has 1 aromatic rings. The van der Waals surface area contributed by atoms with Crippen molar-refractivity contribution in [2.24, 2.45) is 0 Å². The Morgan fingerprint density at radius 1 is 1.50 bits per heavy atom. The fourth-order valence-corrected chi connectivity index (χ4v) is 2.50. The van der Waals surface area contributed by atoms with Crippen molar-refractivity contribution < 1.29 is 4.39 Å². The molecule has 1 saturated heterocycles. The number of piperidine rings is 1. The van der Waals surface area contributed by atoms with Gasteiger partial charge in [-0.3, -0.25) is 0 Å². The molecule has 0 aromatic heterocycles. The first-order valence-electron chi connectivity index (χ1n) is 5.58. The van der Waals surface area contributed by atoms with E-state index >= 15 is 0 Å². The summed E-state index contributed by atoms with van der Waals surface area (Å²) < 4.78 is 14.6. The van der Waals surface area contributed by atoms with Crippen molar-refractivity contribution in [3.05, 3.63) is 28.5 Å². The van der Waals surface area contributed by atoms with E-state index in [4.69, 9.17) is 0 Å². The molecule has 1 heterocycles. The van der Waals surface area contributed by atoms with Crippen LogP contribution in [-0.2, 0) is 0 Å². The van der Waals surface area contributed by atoms with Crippen molar-refractivity contribution in [2.75, 3.05) is 25.0 Å². The van der Waals surface area contributed by atoms with Crippen LogP contribution in [0.25, 0.3) is 0 Å². The van der Waals surface area contributed by atoms with Crippen molar-refractivity contribution in [1.82, 2.24) is 5.32 Å². The summed E-state index contributed by atoms with van der Waals surface area (Å²) in [7, 11) is 1.96. The number of benzene rings is 1. The van der Waals surface area contributed by atoms with Gasteiger partial charge in [-0.2, -0.15) is 0 Å². The third kappa shape index (κ3) is 2.55. The maximum atomic E-state index is 13.8. The number of nitrogens with one attached hydrogen (secondary N) is 1. The molecule has 0 saturated carbocycles. The monoisotopic (exact) mass is 286 g/mol. The molecule has 0 radical (unpaired) electrons. The van der Waals surface area contributed by atoms with E-state index in [1.54, 1.807) is 0 Å². The molecule has 1 aliphatic rings. The van der Waals surface area contributed by atoms with Crippen LogP contribution in [0.15, 0.2) is 22.7 Å². The maximum absolute atomic E-state index is 13.8. The van der Waals surface area contributed by atoms with Gasteiger partial charge in [-0.1, -0.05) is 15.9 Å². The summed E-state index contributed by atoms with van der Waals surface area (Å²) in [6, 6.07) is 5.73. The third-order valence-corrected chi connectivity index (χ3v) is 3.57. The Bertz CT molecular complexity index is 370. The van der Waals surface area contributed by atoms with Crippen molar-refractivity contribution in [3.8, 4) is 0 Å². The van der Waals surface area contributed by atoms with Crippen LogP contribution in [0.5, 0.6) is 0 Å². The highest BCUT2D eigenvalue weighted by molar-refractivity contribution is 9.10. The maximum Gasteiger partial charge on any atom is 0.147 e. The molecular weight excluding hydrogens is 271 g/mol. The highest BCUT2D eigenvalue weighted by atomic mass is 79.9. The van der Waals surface area contributed by atoms with Crippen LogP contribution in [0.3, 0.4) is 0 Å². The van der Waals surface area contributed by atoms with Crippen molar-refractivity contribution >= 4 is 21.6 Å². The lowest BCUT2D eigenvalue weighted by molar-refractivity contribution is 0.445. The molecule has 0 aliphatic carbocycles. The molecular formula is C12H16BrFN2. The molecule has 1 N–H and O–H groups in total. The van der Waals surface area contributed by atoms with Gasteiger partial charge in [0.2, 0.25) is 0 Å². The third-order valence-electron chi connectivity index (χ3n) is 3.08. The topological polar surface area (TPSA) is 15.3 Å². The normalized spacial score (nSPS) is 21.2. The lowest BCUT2D eigenvalue weighted by atomic mass is 10.1. The molecule has 1 aliphatic heterocycles. The summed E-state index contributed by atoms with van der Waals surface area (Å²) in [6.07, 6.45) is 2.28. The Morgan fingerprint density at radius 2 is 2.31 bits per heavy atom. The SMILES string of the molecule is CNC1CCCN(c2ccc(Br)cc2F)C1. The first-order chi connectivity index (χ1) is 7.70. The summed E-state index contributed by atoms with van der Waals surface area (Å²) in [5, 5.41) is 3.26. The van der Waals surface area contributed by atoms with Gasteiger partial charge in [0.05, 0.1) is 5.69 Å². The predicted octanol–water partition coefficient (Wildman–Crippen LogP) is 2.78. The zero-order valence-corrected chi connectivity index (χ0v) is 10.9. The Balaban J connectivity index is 2.16. The average Bonchev–Trinajstić information content (AvgIpc) is 2.29. The number of anilines is 1. The zero-order chi connectivity index (χ0) is 11.5. The van der Waals surface area contributed by atoms with E-state index in [0.29, 0.717) is 11.7 Å². The van der Waals surface area contributed by atoms with Crippen molar-refractivity contribution in [3.63, 3.8) is 0 Å². The Kier molecular flexibility index (Phi) is 3.82. The van der Waals surface area contributed by atoms with Crippen LogP contribution in [-0.4, -0.2) is 26.2 Å². The number of nitrogens with zero attached hydrogens (tertiary/aromatic N) is 1. The summed E-state index contributed by atoms with van der Waals surface area (Å²) in [4.78, 5) is 2.12. The van der Waals surface area contributed by atoms with Crippen molar-refractivity contribution in [2.45, 2.75) is 18.9 Å². The van der Waals surface area contributed by atoms with Gasteiger partial charge < -0.3 is 10.2 Å². The minimum Gasteiger partial charge on any atom is -0.368 e. The molecule has 1 atom stereocenters. The van der Waals surface area contributed by atoms with Crippen LogP contribution in [0.4, 0.5) is 10.1 Å². The Hall–Kier alpha value is -0.610. The molecule has 2 nitrogen and oxygen atoms in total. The van der Waals surface area contributed by atoms with E-state index in [-0.39, 0.29) is 5.82 Å². The number of hydrogen-bond donors (Lipinski definition) is 1. The van der Waals surface area contributed by atoms with E-state index < -0.39 is 0 Å². The molecule has 88 valence electrons. The fourth-order valence-electron chi connectivity index (χ4n) is 2.17. The standard InChI is InChI=1S/C12H16BrFN2/c1-15-10-3-2-6-16(8-10)12-5-4-9(13)7-11(12)14/h4-5,7,10,15H,2-3,6,8H2,1H3. The molecule has 1 fully saturated rings. The lowest BCUT2D eigenvalue weighted by Gasteiger charge is -2.34. The smallest absolute Gasteiger partial charge is 0.147 e. The zero-order valence-electron chi connectivity index (χ0n) is 9.34. The molecule has 0 amide bonds. The first-order valence-corrected chi connectivity index (χ1v) is 6.37. The largest absolute Gasteiger partial charge is 0.368 e. The number of halogens is 2. The fraction of sp³-hybridized carbons (Fsp3) is 0.500. The van der Waals surface area contributed by atoms with Crippen LogP contribution < -0.4 is 10.2 Å². The summed E-state index contributed by atoms with van der Waals surface area (Å²) in [5.41, 5.74) is 0.711. The van der Waals surface area contributed by atoms with E-state index in [2.05, 4.69) is 26.1 Å². The molecule has 16 heavy (non-hydrogen) atoms. The highest BCUT2D eigenvalue weighted by Gasteiger charge is 2.20. The van der Waals surface area contributed by atoms with Gasteiger partial charge in [-0.25, -0.2) is 4.39 Å². The van der Waals surface area contributed by atoms with Gasteiger partial charge in [0.15, 0.2) is 0 Å². The van der Waals surface area contributed by atoms with Gasteiger partial charge in [0, 0.05) is 23.6 Å². The number of likely N-dealkylation sites (N-methyl/N-ethyl adjacent to an activating group) is 1. The van der Waals surface area contributed by atoms with Crippen LogP contribution in [0.1, 0.15) is 12.8 Å². The van der Waals surface area contributed by atoms with Gasteiger partial charge in [0.25, 0.3) is 0 Å². The highest BCUT2D eigenvalue weighted by Crippen LogP contribution is 2.25. The van der Waals surface area contributed by atoms with Crippen molar-refractivity contribution in [1.29, 1.82) is 0 Å². The number of rotatable bonds is 2. The summed E-state index contributed by atoms with van der Waals surface area (Å²) in [5.74, 6) is -0.147. The second-order valence-electron chi connectivity index (χ2n) is 4.17.